The molecule has 1 fully saturated rings. The molecule has 25 heavy (non-hydrogen) atoms. The molecule has 0 radical (unpaired) electrons. The largest absolute Gasteiger partial charge is 0.416 e. The molecule has 3 rings (SSSR count). The van der Waals surface area contributed by atoms with Crippen molar-refractivity contribution in [2.75, 3.05) is 18.0 Å². The van der Waals surface area contributed by atoms with E-state index in [4.69, 9.17) is 0 Å². The van der Waals surface area contributed by atoms with Gasteiger partial charge in [0.25, 0.3) is 0 Å². The number of pyridine rings is 1. The minimum absolute atomic E-state index is 0.0120. The molecule has 2 heterocycles. The van der Waals surface area contributed by atoms with Crippen molar-refractivity contribution in [1.29, 1.82) is 0 Å². The summed E-state index contributed by atoms with van der Waals surface area (Å²) in [4.78, 5) is 5.72. The lowest BCUT2D eigenvalue weighted by atomic mass is 9.88. The first-order valence-electron chi connectivity index (χ1n) is 8.06. The highest BCUT2D eigenvalue weighted by atomic mass is 19.4. The van der Waals surface area contributed by atoms with Crippen LogP contribution in [0.1, 0.15) is 30.1 Å². The molecule has 1 atom stereocenters. The fourth-order valence-corrected chi connectivity index (χ4v) is 3.22. The van der Waals surface area contributed by atoms with Gasteiger partial charge < -0.3 is 10.0 Å². The van der Waals surface area contributed by atoms with Crippen LogP contribution in [0.5, 0.6) is 0 Å². The van der Waals surface area contributed by atoms with E-state index in [0.717, 1.165) is 11.6 Å². The summed E-state index contributed by atoms with van der Waals surface area (Å²) in [5, 5.41) is 10.4. The van der Waals surface area contributed by atoms with Gasteiger partial charge in [-0.2, -0.15) is 13.2 Å². The minimum Gasteiger partial charge on any atom is -0.388 e. The van der Waals surface area contributed by atoms with E-state index in [1.807, 2.05) is 0 Å². The molecule has 1 aliphatic heterocycles. The van der Waals surface area contributed by atoms with Crippen molar-refractivity contribution in [2.24, 2.45) is 5.92 Å². The number of benzene rings is 1. The summed E-state index contributed by atoms with van der Waals surface area (Å²) in [6.45, 7) is 0.953. The van der Waals surface area contributed by atoms with Crippen molar-refractivity contribution in [3.05, 3.63) is 59.7 Å². The Bertz CT molecular complexity index is 713. The number of nitrogens with zero attached hydrogens (tertiary/aromatic N) is 2. The summed E-state index contributed by atoms with van der Waals surface area (Å²) in [5.41, 5.74) is -0.0837. The van der Waals surface area contributed by atoms with Gasteiger partial charge in [-0.1, -0.05) is 6.07 Å². The topological polar surface area (TPSA) is 36.4 Å². The number of aliphatic hydroxyl groups is 1. The maximum atomic E-state index is 14.1. The van der Waals surface area contributed by atoms with Crippen LogP contribution in [0, 0.1) is 11.7 Å². The molecule has 3 nitrogen and oxygen atoms in total. The van der Waals surface area contributed by atoms with Gasteiger partial charge in [0.1, 0.15) is 5.82 Å². The number of piperidine rings is 1. The molecule has 2 aromatic rings. The third-order valence-electron chi connectivity index (χ3n) is 4.63. The van der Waals surface area contributed by atoms with Crippen LogP contribution in [0.3, 0.4) is 0 Å². The molecule has 1 aromatic carbocycles. The van der Waals surface area contributed by atoms with Crippen molar-refractivity contribution in [2.45, 2.75) is 25.1 Å². The van der Waals surface area contributed by atoms with Gasteiger partial charge in [-0.05, 0) is 48.6 Å². The number of hydrogen-bond acceptors (Lipinski definition) is 3. The zero-order chi connectivity index (χ0) is 18.0. The Morgan fingerprint density at radius 3 is 2.44 bits per heavy atom. The number of rotatable bonds is 3. The van der Waals surface area contributed by atoms with Crippen LogP contribution in [0.2, 0.25) is 0 Å². The van der Waals surface area contributed by atoms with Crippen LogP contribution < -0.4 is 4.90 Å². The van der Waals surface area contributed by atoms with Gasteiger partial charge >= 0.3 is 6.18 Å². The summed E-state index contributed by atoms with van der Waals surface area (Å²) in [6, 6.07) is 6.17. The lowest BCUT2D eigenvalue weighted by Gasteiger charge is -2.35. The van der Waals surface area contributed by atoms with E-state index in [2.05, 4.69) is 4.98 Å². The normalized spacial score (nSPS) is 17.6. The third kappa shape index (κ3) is 3.92. The predicted octanol–water partition coefficient (Wildman–Crippen LogP) is 4.19. The lowest BCUT2D eigenvalue weighted by Crippen LogP contribution is -2.36. The zero-order valence-electron chi connectivity index (χ0n) is 13.4. The first-order valence-corrected chi connectivity index (χ1v) is 8.06. The monoisotopic (exact) mass is 354 g/mol. The predicted molar refractivity (Wildman–Crippen MR) is 85.5 cm³/mol. The summed E-state index contributed by atoms with van der Waals surface area (Å²) in [5.74, 6) is -0.862. The highest BCUT2D eigenvalue weighted by Gasteiger charge is 2.32. The molecule has 134 valence electrons. The SMILES string of the molecule is O[C@H](c1cccnc1)C1CCN(c2ccc(C(F)(F)F)cc2F)CC1. The molecule has 1 aliphatic rings. The molecule has 0 spiro atoms. The van der Waals surface area contributed by atoms with Gasteiger partial charge in [-0.15, -0.1) is 0 Å². The van der Waals surface area contributed by atoms with Gasteiger partial charge in [0.15, 0.2) is 0 Å². The minimum atomic E-state index is -4.56. The van der Waals surface area contributed by atoms with Crippen LogP contribution in [-0.2, 0) is 6.18 Å². The van der Waals surface area contributed by atoms with E-state index in [1.165, 1.54) is 6.07 Å². The quantitative estimate of drug-likeness (QED) is 0.840. The Hall–Kier alpha value is -2.15. The van der Waals surface area contributed by atoms with E-state index in [0.29, 0.717) is 32.0 Å². The molecular weight excluding hydrogens is 336 g/mol. The number of alkyl halides is 3. The van der Waals surface area contributed by atoms with Gasteiger partial charge in [0.05, 0.1) is 17.4 Å². The average molecular weight is 354 g/mol. The summed E-state index contributed by atoms with van der Waals surface area (Å²) in [6.07, 6.45) is -0.709. The van der Waals surface area contributed by atoms with Gasteiger partial charge in [-0.25, -0.2) is 4.39 Å². The standard InChI is InChI=1S/C18H18F4N2O/c19-15-10-14(18(20,21)22)3-4-16(15)24-8-5-12(6-9-24)17(25)13-2-1-7-23-11-13/h1-4,7,10-12,17,25H,5-6,8-9H2/t17-/m0/s1. The molecular formula is C18H18F4N2O. The van der Waals surface area contributed by atoms with Crippen LogP contribution in [0.4, 0.5) is 23.2 Å². The second-order valence-corrected chi connectivity index (χ2v) is 6.22. The molecule has 0 amide bonds. The Kier molecular flexibility index (Phi) is 4.94. The molecule has 1 saturated heterocycles. The van der Waals surface area contributed by atoms with E-state index in [-0.39, 0.29) is 11.6 Å². The van der Waals surface area contributed by atoms with Crippen molar-refractivity contribution >= 4 is 5.69 Å². The van der Waals surface area contributed by atoms with E-state index < -0.39 is 23.7 Å². The maximum absolute atomic E-state index is 14.1. The van der Waals surface area contributed by atoms with Gasteiger partial charge in [-0.3, -0.25) is 4.98 Å². The Balaban J connectivity index is 1.66. The summed E-state index contributed by atoms with van der Waals surface area (Å²) in [7, 11) is 0. The molecule has 0 bridgehead atoms. The van der Waals surface area contributed by atoms with Crippen LogP contribution in [0.25, 0.3) is 0 Å². The average Bonchev–Trinajstić information content (AvgIpc) is 2.61. The highest BCUT2D eigenvalue weighted by molar-refractivity contribution is 5.50. The first kappa shape index (κ1) is 17.7. The molecule has 1 aromatic heterocycles. The molecule has 7 heteroatoms. The van der Waals surface area contributed by atoms with Crippen LogP contribution in [-0.4, -0.2) is 23.2 Å². The highest BCUT2D eigenvalue weighted by Crippen LogP contribution is 2.35. The molecule has 0 unspecified atom stereocenters. The number of aliphatic hydroxyl groups excluding tert-OH is 1. The smallest absolute Gasteiger partial charge is 0.388 e. The van der Waals surface area contributed by atoms with Crippen molar-refractivity contribution in [3.63, 3.8) is 0 Å². The summed E-state index contributed by atoms with van der Waals surface area (Å²) < 4.78 is 52.0. The number of halogens is 4. The second kappa shape index (κ2) is 7.00. The Labute approximate surface area is 142 Å². The van der Waals surface area contributed by atoms with E-state index >= 15 is 0 Å². The lowest BCUT2D eigenvalue weighted by molar-refractivity contribution is -0.137. The maximum Gasteiger partial charge on any atom is 0.416 e. The number of aromatic nitrogens is 1. The van der Waals surface area contributed by atoms with Gasteiger partial charge in [0, 0.05) is 25.5 Å². The van der Waals surface area contributed by atoms with Gasteiger partial charge in [0.2, 0.25) is 0 Å². The van der Waals surface area contributed by atoms with Crippen molar-refractivity contribution in [3.8, 4) is 0 Å². The first-order chi connectivity index (χ1) is 11.9. The van der Waals surface area contributed by atoms with Crippen molar-refractivity contribution < 1.29 is 22.7 Å². The van der Waals surface area contributed by atoms with Crippen molar-refractivity contribution in [1.82, 2.24) is 4.98 Å². The second-order valence-electron chi connectivity index (χ2n) is 6.22. The zero-order valence-corrected chi connectivity index (χ0v) is 13.4. The molecule has 1 N–H and O–H groups in total. The number of hydrogen-bond donors (Lipinski definition) is 1. The Morgan fingerprint density at radius 1 is 1.16 bits per heavy atom. The van der Waals surface area contributed by atoms with E-state index in [1.54, 1.807) is 29.4 Å². The molecule has 0 aliphatic carbocycles. The molecule has 0 saturated carbocycles. The fourth-order valence-electron chi connectivity index (χ4n) is 3.22. The van der Waals surface area contributed by atoms with Crippen LogP contribution in [0.15, 0.2) is 42.7 Å². The third-order valence-corrected chi connectivity index (χ3v) is 4.63. The van der Waals surface area contributed by atoms with Crippen LogP contribution >= 0.6 is 0 Å². The fraction of sp³-hybridized carbons (Fsp3) is 0.389. The van der Waals surface area contributed by atoms with E-state index in [9.17, 15) is 22.7 Å². The number of anilines is 1. The Morgan fingerprint density at radius 2 is 1.88 bits per heavy atom. The summed E-state index contributed by atoms with van der Waals surface area (Å²) >= 11 is 0.